The minimum atomic E-state index is -1.80. The van der Waals surface area contributed by atoms with Gasteiger partial charge in [0, 0.05) is 0 Å². The van der Waals surface area contributed by atoms with E-state index in [2.05, 4.69) is 40.4 Å². The SMILES string of the molecule is C=CCC[C@@]1(C=O)CCC[C@@H]1O[Si](C)(C)C(C)(C)C. The van der Waals surface area contributed by atoms with Gasteiger partial charge in [0.2, 0.25) is 0 Å². The smallest absolute Gasteiger partial charge is 0.192 e. The van der Waals surface area contributed by atoms with Crippen LogP contribution in [0.25, 0.3) is 0 Å². The molecule has 1 fully saturated rings. The lowest BCUT2D eigenvalue weighted by Crippen LogP contribution is -2.48. The Morgan fingerprint density at radius 2 is 2.05 bits per heavy atom. The van der Waals surface area contributed by atoms with Crippen LogP contribution in [-0.2, 0) is 9.22 Å². The fourth-order valence-corrected chi connectivity index (χ4v) is 4.04. The second-order valence-corrected chi connectivity index (χ2v) is 12.2. The normalized spacial score (nSPS) is 28.4. The van der Waals surface area contributed by atoms with Crippen molar-refractivity contribution in [2.75, 3.05) is 0 Å². The van der Waals surface area contributed by atoms with Gasteiger partial charge >= 0.3 is 0 Å². The second kappa shape index (κ2) is 5.92. The van der Waals surface area contributed by atoms with Crippen LogP contribution in [0.15, 0.2) is 12.7 Å². The van der Waals surface area contributed by atoms with E-state index in [1.54, 1.807) is 0 Å². The Morgan fingerprint density at radius 3 is 2.53 bits per heavy atom. The maximum absolute atomic E-state index is 11.7. The summed E-state index contributed by atoms with van der Waals surface area (Å²) >= 11 is 0. The lowest BCUT2D eigenvalue weighted by Gasteiger charge is -2.42. The van der Waals surface area contributed by atoms with E-state index >= 15 is 0 Å². The Morgan fingerprint density at radius 1 is 1.42 bits per heavy atom. The van der Waals surface area contributed by atoms with Crippen LogP contribution < -0.4 is 0 Å². The second-order valence-electron chi connectivity index (χ2n) is 7.44. The Hall–Kier alpha value is -0.413. The van der Waals surface area contributed by atoms with Crippen molar-refractivity contribution >= 4 is 14.6 Å². The van der Waals surface area contributed by atoms with Gasteiger partial charge < -0.3 is 9.22 Å². The van der Waals surface area contributed by atoms with Crippen LogP contribution in [0.2, 0.25) is 18.1 Å². The van der Waals surface area contributed by atoms with Crippen LogP contribution in [0.1, 0.15) is 52.9 Å². The highest BCUT2D eigenvalue weighted by atomic mass is 28.4. The molecule has 0 radical (unpaired) electrons. The Labute approximate surface area is 119 Å². The lowest BCUT2D eigenvalue weighted by atomic mass is 9.81. The van der Waals surface area contributed by atoms with Crippen LogP contribution in [0.4, 0.5) is 0 Å². The van der Waals surface area contributed by atoms with Gasteiger partial charge in [0.15, 0.2) is 8.32 Å². The summed E-state index contributed by atoms with van der Waals surface area (Å²) < 4.78 is 6.54. The highest BCUT2D eigenvalue weighted by Crippen LogP contribution is 2.47. The minimum Gasteiger partial charge on any atom is -0.413 e. The fraction of sp³-hybridized carbons (Fsp3) is 0.812. The highest BCUT2D eigenvalue weighted by molar-refractivity contribution is 6.74. The molecule has 1 aliphatic rings. The molecule has 110 valence electrons. The first-order valence-electron chi connectivity index (χ1n) is 7.43. The van der Waals surface area contributed by atoms with Crippen LogP contribution in [-0.4, -0.2) is 20.7 Å². The number of carbonyl (C=O) groups excluding carboxylic acids is 1. The molecule has 0 bridgehead atoms. The van der Waals surface area contributed by atoms with Crippen LogP contribution in [0, 0.1) is 5.41 Å². The number of allylic oxidation sites excluding steroid dienone is 1. The molecule has 0 spiro atoms. The van der Waals surface area contributed by atoms with E-state index in [9.17, 15) is 4.79 Å². The monoisotopic (exact) mass is 282 g/mol. The number of rotatable bonds is 6. The summed E-state index contributed by atoms with van der Waals surface area (Å²) in [7, 11) is -1.80. The van der Waals surface area contributed by atoms with E-state index in [4.69, 9.17) is 4.43 Å². The zero-order valence-corrected chi connectivity index (χ0v) is 14.3. The molecule has 1 aliphatic carbocycles. The molecule has 3 heteroatoms. The molecule has 0 amide bonds. The summed E-state index contributed by atoms with van der Waals surface area (Å²) in [5.74, 6) is 0. The van der Waals surface area contributed by atoms with Crippen molar-refractivity contribution in [3.63, 3.8) is 0 Å². The van der Waals surface area contributed by atoms with Crippen molar-refractivity contribution in [3.05, 3.63) is 12.7 Å². The van der Waals surface area contributed by atoms with E-state index in [0.29, 0.717) is 0 Å². The van der Waals surface area contributed by atoms with Crippen molar-refractivity contribution in [3.8, 4) is 0 Å². The number of hydrogen-bond donors (Lipinski definition) is 0. The molecule has 0 aromatic rings. The summed E-state index contributed by atoms with van der Waals surface area (Å²) in [4.78, 5) is 11.7. The Bertz CT molecular complexity index is 330. The van der Waals surface area contributed by atoms with E-state index in [1.165, 1.54) is 6.29 Å². The molecule has 0 aromatic heterocycles. The fourth-order valence-electron chi connectivity index (χ4n) is 2.62. The molecule has 1 rings (SSSR count). The third-order valence-corrected chi connectivity index (χ3v) is 9.53. The van der Waals surface area contributed by atoms with E-state index in [0.717, 1.165) is 32.1 Å². The predicted octanol–water partition coefficient (Wildman–Crippen LogP) is 4.71. The van der Waals surface area contributed by atoms with Crippen LogP contribution >= 0.6 is 0 Å². The Kier molecular flexibility index (Phi) is 5.19. The third kappa shape index (κ3) is 3.57. The van der Waals surface area contributed by atoms with E-state index in [-0.39, 0.29) is 16.6 Å². The summed E-state index contributed by atoms with van der Waals surface area (Å²) in [6, 6.07) is 0. The minimum absolute atomic E-state index is 0.117. The summed E-state index contributed by atoms with van der Waals surface area (Å²) in [5, 5.41) is 0.197. The van der Waals surface area contributed by atoms with Gasteiger partial charge in [-0.3, -0.25) is 0 Å². The quantitative estimate of drug-likeness (QED) is 0.400. The number of carbonyl (C=O) groups is 1. The molecule has 0 aliphatic heterocycles. The van der Waals surface area contributed by atoms with Crippen LogP contribution in [0.5, 0.6) is 0 Å². The largest absolute Gasteiger partial charge is 0.413 e. The first-order valence-corrected chi connectivity index (χ1v) is 10.3. The standard InChI is InChI=1S/C16H30O2Si/c1-7-8-11-16(13-17)12-9-10-14(16)18-19(5,6)15(2,3)4/h7,13-14H,1,8-12H2,2-6H3/t14-,16-/m0/s1. The van der Waals surface area contributed by atoms with Gasteiger partial charge in [-0.05, 0) is 50.2 Å². The van der Waals surface area contributed by atoms with Gasteiger partial charge in [-0.2, -0.15) is 0 Å². The molecule has 0 unspecified atom stereocenters. The van der Waals surface area contributed by atoms with Gasteiger partial charge in [-0.25, -0.2) is 0 Å². The molecule has 2 nitrogen and oxygen atoms in total. The van der Waals surface area contributed by atoms with Crippen molar-refractivity contribution in [1.29, 1.82) is 0 Å². The van der Waals surface area contributed by atoms with Crippen molar-refractivity contribution < 1.29 is 9.22 Å². The molecule has 1 saturated carbocycles. The van der Waals surface area contributed by atoms with Gasteiger partial charge in [-0.1, -0.05) is 26.8 Å². The average molecular weight is 282 g/mol. The first-order chi connectivity index (χ1) is 8.68. The lowest BCUT2D eigenvalue weighted by molar-refractivity contribution is -0.120. The molecule has 0 aromatic carbocycles. The first kappa shape index (κ1) is 16.6. The molecule has 0 N–H and O–H groups in total. The van der Waals surface area contributed by atoms with E-state index < -0.39 is 8.32 Å². The predicted molar refractivity (Wildman–Crippen MR) is 83.8 cm³/mol. The maximum atomic E-state index is 11.7. The van der Waals surface area contributed by atoms with Gasteiger partial charge in [0.25, 0.3) is 0 Å². The third-order valence-electron chi connectivity index (χ3n) is 5.04. The number of aldehydes is 1. The van der Waals surface area contributed by atoms with Crippen molar-refractivity contribution in [2.24, 2.45) is 5.41 Å². The summed E-state index contributed by atoms with van der Waals surface area (Å²) in [5.41, 5.74) is -0.260. The molecular formula is C16H30O2Si. The van der Waals surface area contributed by atoms with Crippen molar-refractivity contribution in [2.45, 2.75) is 77.1 Å². The van der Waals surface area contributed by atoms with Crippen molar-refractivity contribution in [1.82, 2.24) is 0 Å². The average Bonchev–Trinajstić information content (AvgIpc) is 2.68. The molecule has 19 heavy (non-hydrogen) atoms. The Balaban J connectivity index is 2.86. The van der Waals surface area contributed by atoms with E-state index in [1.807, 2.05) is 6.08 Å². The molecular weight excluding hydrogens is 252 g/mol. The molecule has 2 atom stereocenters. The summed E-state index contributed by atoms with van der Waals surface area (Å²) in [6.45, 7) is 15.1. The number of hydrogen-bond acceptors (Lipinski definition) is 2. The highest BCUT2D eigenvalue weighted by Gasteiger charge is 2.48. The topological polar surface area (TPSA) is 26.3 Å². The molecule has 0 heterocycles. The summed E-state index contributed by atoms with van der Waals surface area (Å²) in [6.07, 6.45) is 8.09. The van der Waals surface area contributed by atoms with Gasteiger partial charge in [0.1, 0.15) is 6.29 Å². The van der Waals surface area contributed by atoms with Gasteiger partial charge in [-0.15, -0.1) is 6.58 Å². The zero-order chi connectivity index (χ0) is 14.7. The van der Waals surface area contributed by atoms with Gasteiger partial charge in [0.05, 0.1) is 11.5 Å². The zero-order valence-electron chi connectivity index (χ0n) is 13.3. The molecule has 0 saturated heterocycles. The maximum Gasteiger partial charge on any atom is 0.192 e. The van der Waals surface area contributed by atoms with Crippen LogP contribution in [0.3, 0.4) is 0 Å².